The van der Waals surface area contributed by atoms with Gasteiger partial charge in [-0.25, -0.2) is 0 Å². The number of anilines is 1. The van der Waals surface area contributed by atoms with E-state index in [1.165, 1.54) is 6.08 Å². The van der Waals surface area contributed by atoms with Crippen LogP contribution in [0.3, 0.4) is 0 Å². The van der Waals surface area contributed by atoms with Crippen molar-refractivity contribution in [3.63, 3.8) is 0 Å². The molecule has 2 aromatic carbocycles. The zero-order chi connectivity index (χ0) is 17.0. The van der Waals surface area contributed by atoms with Gasteiger partial charge in [0.2, 0.25) is 5.91 Å². The number of halogens is 5. The van der Waals surface area contributed by atoms with Crippen LogP contribution in [0.4, 0.5) is 18.9 Å². The Morgan fingerprint density at radius 1 is 1.13 bits per heavy atom. The third kappa shape index (κ3) is 5.11. The van der Waals surface area contributed by atoms with Crippen LogP contribution in [0.5, 0.6) is 0 Å². The summed E-state index contributed by atoms with van der Waals surface area (Å²) in [5, 5.41) is 2.37. The Labute approximate surface area is 144 Å². The molecule has 0 aliphatic heterocycles. The molecular formula is C16H10BrClF3NO. The molecule has 120 valence electrons. The van der Waals surface area contributed by atoms with Crippen molar-refractivity contribution in [3.8, 4) is 0 Å². The van der Waals surface area contributed by atoms with E-state index in [2.05, 4.69) is 21.2 Å². The van der Waals surface area contributed by atoms with Gasteiger partial charge in [0.05, 0.1) is 16.3 Å². The summed E-state index contributed by atoms with van der Waals surface area (Å²) in [6, 6.07) is 9.93. The molecule has 0 spiro atoms. The fourth-order valence-electron chi connectivity index (χ4n) is 1.72. The van der Waals surface area contributed by atoms with Gasteiger partial charge in [0.15, 0.2) is 0 Å². The van der Waals surface area contributed by atoms with E-state index < -0.39 is 17.6 Å². The molecule has 0 radical (unpaired) electrons. The molecule has 0 fully saturated rings. The minimum absolute atomic E-state index is 0.0309. The number of benzene rings is 2. The molecule has 0 aromatic heterocycles. The summed E-state index contributed by atoms with van der Waals surface area (Å²) in [4.78, 5) is 11.8. The Hall–Kier alpha value is -1.79. The molecule has 0 heterocycles. The number of rotatable bonds is 3. The molecule has 1 amide bonds. The number of hydrogen-bond donors (Lipinski definition) is 1. The third-order valence-electron chi connectivity index (χ3n) is 2.85. The molecule has 0 saturated carbocycles. The fourth-order valence-corrected chi connectivity index (χ4v) is 2.15. The van der Waals surface area contributed by atoms with Crippen molar-refractivity contribution in [1.29, 1.82) is 0 Å². The second kappa shape index (κ2) is 7.19. The molecule has 0 aliphatic rings. The molecule has 0 aliphatic carbocycles. The molecule has 0 saturated heterocycles. The minimum Gasteiger partial charge on any atom is -0.321 e. The van der Waals surface area contributed by atoms with Crippen LogP contribution in [0, 0.1) is 0 Å². The summed E-state index contributed by atoms with van der Waals surface area (Å²) < 4.78 is 38.9. The van der Waals surface area contributed by atoms with Crippen LogP contribution < -0.4 is 5.32 Å². The maximum atomic E-state index is 12.7. The van der Waals surface area contributed by atoms with Gasteiger partial charge >= 0.3 is 6.18 Å². The van der Waals surface area contributed by atoms with Crippen LogP contribution in [0.25, 0.3) is 6.08 Å². The van der Waals surface area contributed by atoms with E-state index in [4.69, 9.17) is 11.6 Å². The highest BCUT2D eigenvalue weighted by Gasteiger charge is 2.31. The second-order valence-corrected chi connectivity index (χ2v) is 5.89. The van der Waals surface area contributed by atoms with E-state index in [9.17, 15) is 18.0 Å². The lowest BCUT2D eigenvalue weighted by Gasteiger charge is -2.10. The number of hydrogen-bond acceptors (Lipinski definition) is 1. The highest BCUT2D eigenvalue weighted by Crippen LogP contribution is 2.33. The monoisotopic (exact) mass is 403 g/mol. The number of amides is 1. The summed E-state index contributed by atoms with van der Waals surface area (Å²) >= 11 is 9.10. The molecule has 0 unspecified atom stereocenters. The van der Waals surface area contributed by atoms with E-state index in [0.29, 0.717) is 0 Å². The average molecular weight is 405 g/mol. The van der Waals surface area contributed by atoms with Gasteiger partial charge in [0.1, 0.15) is 0 Å². The van der Waals surface area contributed by atoms with Gasteiger partial charge in [0, 0.05) is 10.5 Å². The fraction of sp³-hybridized carbons (Fsp3) is 0.0625. The number of nitrogens with one attached hydrogen (secondary N) is 1. The lowest BCUT2D eigenvalue weighted by Crippen LogP contribution is -2.11. The first kappa shape index (κ1) is 17.6. The molecule has 0 atom stereocenters. The van der Waals surface area contributed by atoms with Crippen LogP contribution in [-0.4, -0.2) is 5.91 Å². The second-order valence-electron chi connectivity index (χ2n) is 4.57. The van der Waals surface area contributed by atoms with Crippen molar-refractivity contribution in [2.75, 3.05) is 5.32 Å². The van der Waals surface area contributed by atoms with Gasteiger partial charge in [-0.15, -0.1) is 0 Å². The van der Waals surface area contributed by atoms with Gasteiger partial charge < -0.3 is 5.32 Å². The zero-order valence-corrected chi connectivity index (χ0v) is 13.8. The van der Waals surface area contributed by atoms with Gasteiger partial charge in [-0.2, -0.15) is 13.2 Å². The molecule has 7 heteroatoms. The first-order chi connectivity index (χ1) is 10.8. The van der Waals surface area contributed by atoms with Crippen LogP contribution >= 0.6 is 27.5 Å². The van der Waals surface area contributed by atoms with Crippen LogP contribution in [0.1, 0.15) is 11.1 Å². The van der Waals surface area contributed by atoms with Gasteiger partial charge in [0.25, 0.3) is 0 Å². The minimum atomic E-state index is -4.50. The normalized spacial score (nSPS) is 11.7. The number of carbonyl (C=O) groups is 1. The van der Waals surface area contributed by atoms with E-state index in [-0.39, 0.29) is 10.7 Å². The van der Waals surface area contributed by atoms with Crippen molar-refractivity contribution in [2.45, 2.75) is 6.18 Å². The van der Waals surface area contributed by atoms with Gasteiger partial charge in [-0.3, -0.25) is 4.79 Å². The Balaban J connectivity index is 2.12. The quantitative estimate of drug-likeness (QED) is 0.646. The largest absolute Gasteiger partial charge is 0.416 e. The van der Waals surface area contributed by atoms with Crippen LogP contribution in [-0.2, 0) is 11.0 Å². The van der Waals surface area contributed by atoms with E-state index >= 15 is 0 Å². The predicted molar refractivity (Wildman–Crippen MR) is 88.3 cm³/mol. The smallest absolute Gasteiger partial charge is 0.321 e. The molecule has 0 bridgehead atoms. The summed E-state index contributed by atoms with van der Waals surface area (Å²) in [7, 11) is 0. The van der Waals surface area contributed by atoms with E-state index in [1.54, 1.807) is 30.3 Å². The highest BCUT2D eigenvalue weighted by molar-refractivity contribution is 9.10. The van der Waals surface area contributed by atoms with Crippen LogP contribution in [0.2, 0.25) is 5.02 Å². The summed E-state index contributed by atoms with van der Waals surface area (Å²) in [6.07, 6.45) is -1.74. The first-order valence-electron chi connectivity index (χ1n) is 6.37. The Morgan fingerprint density at radius 3 is 2.39 bits per heavy atom. The average Bonchev–Trinajstić information content (AvgIpc) is 2.48. The lowest BCUT2D eigenvalue weighted by atomic mass is 10.2. The number of carbonyl (C=O) groups excluding carboxylic acids is 1. The van der Waals surface area contributed by atoms with E-state index in [1.807, 2.05) is 0 Å². The SMILES string of the molecule is O=C(/C=C/c1ccc(Br)cc1)Nc1cc(C(F)(F)F)ccc1Cl. The van der Waals surface area contributed by atoms with Crippen molar-refractivity contribution < 1.29 is 18.0 Å². The van der Waals surface area contributed by atoms with Crippen molar-refractivity contribution >= 4 is 45.2 Å². The zero-order valence-electron chi connectivity index (χ0n) is 11.5. The molecule has 2 rings (SSSR count). The molecular weight excluding hydrogens is 395 g/mol. The molecule has 2 aromatic rings. The Bertz CT molecular complexity index is 742. The first-order valence-corrected chi connectivity index (χ1v) is 7.54. The lowest BCUT2D eigenvalue weighted by molar-refractivity contribution is -0.137. The third-order valence-corrected chi connectivity index (χ3v) is 3.71. The van der Waals surface area contributed by atoms with Crippen molar-refractivity contribution in [2.24, 2.45) is 0 Å². The number of alkyl halides is 3. The summed E-state index contributed by atoms with van der Waals surface area (Å²) in [5.74, 6) is -0.575. The van der Waals surface area contributed by atoms with Crippen molar-refractivity contribution in [1.82, 2.24) is 0 Å². The maximum Gasteiger partial charge on any atom is 0.416 e. The Morgan fingerprint density at radius 2 is 1.78 bits per heavy atom. The predicted octanol–water partition coefficient (Wildman–Crippen LogP) is 5.77. The maximum absolute atomic E-state index is 12.7. The van der Waals surface area contributed by atoms with Gasteiger partial charge in [-0.05, 0) is 42.0 Å². The van der Waals surface area contributed by atoms with Gasteiger partial charge in [-0.1, -0.05) is 39.7 Å². The highest BCUT2D eigenvalue weighted by atomic mass is 79.9. The van der Waals surface area contributed by atoms with Crippen molar-refractivity contribution in [3.05, 3.63) is 69.2 Å². The van der Waals surface area contributed by atoms with E-state index in [0.717, 1.165) is 28.2 Å². The molecule has 1 N–H and O–H groups in total. The van der Waals surface area contributed by atoms with Crippen LogP contribution in [0.15, 0.2) is 53.0 Å². The molecule has 23 heavy (non-hydrogen) atoms. The summed E-state index contributed by atoms with van der Waals surface area (Å²) in [5.41, 5.74) is -0.195. The summed E-state index contributed by atoms with van der Waals surface area (Å²) in [6.45, 7) is 0. The topological polar surface area (TPSA) is 29.1 Å². The Kier molecular flexibility index (Phi) is 5.49. The molecule has 2 nitrogen and oxygen atoms in total. The standard InChI is InChI=1S/C16H10BrClF3NO/c17-12-5-1-10(2-6-12)3-8-15(23)22-14-9-11(16(19,20)21)4-7-13(14)18/h1-9H,(H,22,23)/b8-3+.